The van der Waals surface area contributed by atoms with Crippen LogP contribution in [-0.4, -0.2) is 29.9 Å². The van der Waals surface area contributed by atoms with Gasteiger partial charge in [-0.05, 0) is 37.4 Å². The second-order valence-corrected chi connectivity index (χ2v) is 8.54. The number of nitrogens with zero attached hydrogens (tertiary/aromatic N) is 1. The SMILES string of the molecule is CCOC(=O)[C@]1(C)[NH2+][C@@H](c2cccs2)[C@H]2C(=O)N(c3ccc(C)cc3)C(=O)[C@H]21. The van der Waals surface area contributed by atoms with E-state index in [4.69, 9.17) is 4.74 Å². The Hall–Kier alpha value is -2.51. The van der Waals surface area contributed by atoms with E-state index in [1.807, 2.05) is 41.9 Å². The lowest BCUT2D eigenvalue weighted by Crippen LogP contribution is -2.97. The molecule has 0 bridgehead atoms. The van der Waals surface area contributed by atoms with Gasteiger partial charge in [0, 0.05) is 6.92 Å². The number of benzene rings is 1. The van der Waals surface area contributed by atoms with E-state index >= 15 is 0 Å². The Bertz CT molecular complexity index is 924. The van der Waals surface area contributed by atoms with Crippen LogP contribution in [0.3, 0.4) is 0 Å². The summed E-state index contributed by atoms with van der Waals surface area (Å²) in [5.74, 6) is -2.38. The molecule has 1 aromatic heterocycles. The first-order valence-corrected chi connectivity index (χ1v) is 10.3. The van der Waals surface area contributed by atoms with Gasteiger partial charge in [0.2, 0.25) is 17.4 Å². The molecule has 2 fully saturated rings. The fraction of sp³-hybridized carbons (Fsp3) is 0.381. The third-order valence-electron chi connectivity index (χ3n) is 5.79. The average Bonchev–Trinajstić information content (AvgIpc) is 3.35. The highest BCUT2D eigenvalue weighted by molar-refractivity contribution is 7.10. The molecule has 2 amide bonds. The van der Waals surface area contributed by atoms with Crippen molar-refractivity contribution < 1.29 is 24.4 Å². The highest BCUT2D eigenvalue weighted by Gasteiger charge is 2.71. The number of hydrogen-bond donors (Lipinski definition) is 1. The van der Waals surface area contributed by atoms with Crippen LogP contribution in [0.15, 0.2) is 41.8 Å². The third kappa shape index (κ3) is 2.69. The maximum absolute atomic E-state index is 13.4. The number of carbonyl (C=O) groups excluding carboxylic acids is 3. The number of thiophene rings is 1. The first kappa shape index (κ1) is 18.8. The summed E-state index contributed by atoms with van der Waals surface area (Å²) in [5, 5.41) is 3.80. The van der Waals surface area contributed by atoms with Gasteiger partial charge in [-0.25, -0.2) is 9.69 Å². The maximum atomic E-state index is 13.4. The minimum absolute atomic E-state index is 0.229. The second kappa shape index (κ2) is 6.83. The van der Waals surface area contributed by atoms with Gasteiger partial charge in [-0.1, -0.05) is 23.8 Å². The van der Waals surface area contributed by atoms with Crippen LogP contribution in [0.2, 0.25) is 0 Å². The molecule has 7 heteroatoms. The van der Waals surface area contributed by atoms with Crippen LogP contribution in [0.1, 0.15) is 30.3 Å². The van der Waals surface area contributed by atoms with Crippen LogP contribution in [-0.2, 0) is 19.1 Å². The van der Waals surface area contributed by atoms with Crippen molar-refractivity contribution in [3.63, 3.8) is 0 Å². The van der Waals surface area contributed by atoms with Crippen molar-refractivity contribution in [2.24, 2.45) is 11.8 Å². The molecule has 6 nitrogen and oxygen atoms in total. The molecule has 3 heterocycles. The number of imide groups is 1. The predicted octanol–water partition coefficient (Wildman–Crippen LogP) is 1.80. The molecule has 2 N–H and O–H groups in total. The van der Waals surface area contributed by atoms with E-state index in [0.717, 1.165) is 10.4 Å². The molecule has 4 rings (SSSR count). The molecule has 0 saturated carbocycles. The van der Waals surface area contributed by atoms with Gasteiger partial charge < -0.3 is 10.1 Å². The maximum Gasteiger partial charge on any atom is 0.368 e. The number of quaternary nitrogens is 1. The van der Waals surface area contributed by atoms with E-state index in [2.05, 4.69) is 0 Å². The van der Waals surface area contributed by atoms with E-state index in [-0.39, 0.29) is 24.5 Å². The number of fused-ring (bicyclic) bond motifs is 1. The highest BCUT2D eigenvalue weighted by atomic mass is 32.1. The molecule has 28 heavy (non-hydrogen) atoms. The number of hydrogen-bond acceptors (Lipinski definition) is 5. The summed E-state index contributed by atoms with van der Waals surface area (Å²) < 4.78 is 5.29. The molecular formula is C21H23N2O4S+. The number of ether oxygens (including phenoxy) is 1. The van der Waals surface area contributed by atoms with Gasteiger partial charge in [-0.3, -0.25) is 9.59 Å². The summed E-state index contributed by atoms with van der Waals surface area (Å²) in [6.45, 7) is 5.64. The number of aryl methyl sites for hydroxylation is 1. The minimum atomic E-state index is -1.14. The summed E-state index contributed by atoms with van der Waals surface area (Å²) in [7, 11) is 0. The van der Waals surface area contributed by atoms with Crippen molar-refractivity contribution in [2.45, 2.75) is 32.4 Å². The summed E-state index contributed by atoms with van der Waals surface area (Å²) in [6.07, 6.45) is 0. The van der Waals surface area contributed by atoms with Crippen molar-refractivity contribution in [3.05, 3.63) is 52.2 Å². The summed E-state index contributed by atoms with van der Waals surface area (Å²) >= 11 is 1.53. The summed E-state index contributed by atoms with van der Waals surface area (Å²) in [6, 6.07) is 10.9. The van der Waals surface area contributed by atoms with Gasteiger partial charge in [0.05, 0.1) is 17.2 Å². The Labute approximate surface area is 167 Å². The van der Waals surface area contributed by atoms with E-state index in [0.29, 0.717) is 5.69 Å². The Morgan fingerprint density at radius 3 is 2.54 bits per heavy atom. The lowest BCUT2D eigenvalue weighted by atomic mass is 9.81. The van der Waals surface area contributed by atoms with E-state index < -0.39 is 23.3 Å². The second-order valence-electron chi connectivity index (χ2n) is 7.56. The lowest BCUT2D eigenvalue weighted by molar-refractivity contribution is -0.730. The molecule has 0 radical (unpaired) electrons. The molecule has 0 spiro atoms. The van der Waals surface area contributed by atoms with E-state index in [1.54, 1.807) is 26.0 Å². The summed E-state index contributed by atoms with van der Waals surface area (Å²) in [4.78, 5) is 41.9. The predicted molar refractivity (Wildman–Crippen MR) is 105 cm³/mol. The smallest absolute Gasteiger partial charge is 0.368 e. The zero-order valence-corrected chi connectivity index (χ0v) is 16.9. The van der Waals surface area contributed by atoms with E-state index in [1.165, 1.54) is 16.2 Å². The van der Waals surface area contributed by atoms with Crippen molar-refractivity contribution in [2.75, 3.05) is 11.5 Å². The monoisotopic (exact) mass is 399 g/mol. The molecule has 146 valence electrons. The van der Waals surface area contributed by atoms with Gasteiger partial charge in [-0.2, -0.15) is 0 Å². The Kier molecular flexibility index (Phi) is 4.59. The normalized spacial score (nSPS) is 29.2. The fourth-order valence-corrected chi connectivity index (χ4v) is 5.28. The van der Waals surface area contributed by atoms with Gasteiger partial charge in [0.1, 0.15) is 17.9 Å². The van der Waals surface area contributed by atoms with Crippen LogP contribution >= 0.6 is 11.3 Å². The molecule has 1 aromatic carbocycles. The number of anilines is 1. The Balaban J connectivity index is 1.80. The average molecular weight is 399 g/mol. The Morgan fingerprint density at radius 2 is 1.93 bits per heavy atom. The highest BCUT2D eigenvalue weighted by Crippen LogP contribution is 2.46. The van der Waals surface area contributed by atoms with Crippen molar-refractivity contribution in [3.8, 4) is 0 Å². The molecular weight excluding hydrogens is 376 g/mol. The molecule has 0 unspecified atom stereocenters. The topological polar surface area (TPSA) is 80.3 Å². The molecule has 4 atom stereocenters. The number of amides is 2. The van der Waals surface area contributed by atoms with Crippen LogP contribution in [0.4, 0.5) is 5.69 Å². The van der Waals surface area contributed by atoms with Crippen molar-refractivity contribution in [1.82, 2.24) is 0 Å². The first-order valence-electron chi connectivity index (χ1n) is 9.39. The number of carbonyl (C=O) groups is 3. The molecule has 2 aliphatic rings. The third-order valence-corrected chi connectivity index (χ3v) is 6.76. The van der Waals surface area contributed by atoms with Crippen LogP contribution < -0.4 is 10.2 Å². The number of nitrogens with two attached hydrogens (primary N) is 1. The van der Waals surface area contributed by atoms with Gasteiger partial charge in [0.25, 0.3) is 0 Å². The number of rotatable bonds is 4. The fourth-order valence-electron chi connectivity index (χ4n) is 4.43. The lowest BCUT2D eigenvalue weighted by Gasteiger charge is -2.26. The van der Waals surface area contributed by atoms with Gasteiger partial charge in [-0.15, -0.1) is 11.3 Å². The minimum Gasteiger partial charge on any atom is -0.461 e. The zero-order chi connectivity index (χ0) is 20.1. The number of esters is 1. The van der Waals surface area contributed by atoms with Gasteiger partial charge >= 0.3 is 5.97 Å². The molecule has 2 saturated heterocycles. The Morgan fingerprint density at radius 1 is 1.21 bits per heavy atom. The van der Waals surface area contributed by atoms with Crippen LogP contribution in [0, 0.1) is 18.8 Å². The summed E-state index contributed by atoms with van der Waals surface area (Å²) in [5.41, 5.74) is 0.456. The molecule has 0 aliphatic carbocycles. The van der Waals surface area contributed by atoms with Gasteiger partial charge in [0.15, 0.2) is 0 Å². The zero-order valence-electron chi connectivity index (χ0n) is 16.0. The quantitative estimate of drug-likeness (QED) is 0.628. The van der Waals surface area contributed by atoms with Crippen molar-refractivity contribution >= 4 is 34.8 Å². The van der Waals surface area contributed by atoms with Crippen LogP contribution in [0.5, 0.6) is 0 Å². The standard InChI is InChI=1S/C21H22N2O4S/c1-4-27-20(26)21(3)16-15(17(22-21)14-6-5-11-28-14)18(24)23(19(16)25)13-9-7-12(2)8-10-13/h5-11,15-17,22H,4H2,1-3H3/p+1/t15-,16-,17-,21+/m0/s1. The largest absolute Gasteiger partial charge is 0.461 e. The van der Waals surface area contributed by atoms with E-state index in [9.17, 15) is 14.4 Å². The van der Waals surface area contributed by atoms with Crippen molar-refractivity contribution in [1.29, 1.82) is 0 Å². The van der Waals surface area contributed by atoms with Crippen LogP contribution in [0.25, 0.3) is 0 Å². The first-order chi connectivity index (χ1) is 13.4. The molecule has 2 aromatic rings. The molecule has 2 aliphatic heterocycles.